The van der Waals surface area contributed by atoms with Gasteiger partial charge in [0.2, 0.25) is 5.91 Å². The minimum absolute atomic E-state index is 0.00576. The molecule has 130 valence electrons. The van der Waals surface area contributed by atoms with Gasteiger partial charge < -0.3 is 10.2 Å². The Kier molecular flexibility index (Phi) is 6.73. The standard InChI is InChI=1S/C16H13Cl2N3O4/c17-14-6-3-12(9-15(14)18)20-16(22)7-8-19-25-10-11-1-4-13(5-2-11)21(23)24/h1-6,8-9H,7,10H2,(H,20,22). The van der Waals surface area contributed by atoms with E-state index >= 15 is 0 Å². The van der Waals surface area contributed by atoms with Crippen LogP contribution in [0.4, 0.5) is 11.4 Å². The molecule has 0 spiro atoms. The van der Waals surface area contributed by atoms with Crippen LogP contribution in [0.3, 0.4) is 0 Å². The zero-order valence-electron chi connectivity index (χ0n) is 12.8. The van der Waals surface area contributed by atoms with Crippen LogP contribution in [0.2, 0.25) is 10.0 Å². The molecule has 0 fully saturated rings. The van der Waals surface area contributed by atoms with Gasteiger partial charge in [-0.1, -0.05) is 28.4 Å². The molecule has 0 saturated carbocycles. The molecular weight excluding hydrogens is 369 g/mol. The Bertz CT molecular complexity index is 794. The monoisotopic (exact) mass is 381 g/mol. The van der Waals surface area contributed by atoms with Crippen LogP contribution in [0.15, 0.2) is 47.6 Å². The molecule has 2 aromatic carbocycles. The number of anilines is 1. The number of hydrogen-bond donors (Lipinski definition) is 1. The second-order valence-corrected chi connectivity index (χ2v) is 5.68. The maximum absolute atomic E-state index is 11.7. The number of oxime groups is 1. The first-order chi connectivity index (χ1) is 12.0. The highest BCUT2D eigenvalue weighted by molar-refractivity contribution is 6.42. The third-order valence-corrected chi connectivity index (χ3v) is 3.75. The molecule has 0 unspecified atom stereocenters. The maximum atomic E-state index is 11.7. The molecule has 9 heteroatoms. The molecular formula is C16H13Cl2N3O4. The van der Waals surface area contributed by atoms with E-state index in [9.17, 15) is 14.9 Å². The number of amides is 1. The topological polar surface area (TPSA) is 93.8 Å². The lowest BCUT2D eigenvalue weighted by molar-refractivity contribution is -0.384. The molecule has 0 heterocycles. The highest BCUT2D eigenvalue weighted by Crippen LogP contribution is 2.24. The summed E-state index contributed by atoms with van der Waals surface area (Å²) in [6.45, 7) is 0.142. The van der Waals surface area contributed by atoms with E-state index in [4.69, 9.17) is 28.0 Å². The molecule has 25 heavy (non-hydrogen) atoms. The van der Waals surface area contributed by atoms with Crippen molar-refractivity contribution in [3.8, 4) is 0 Å². The molecule has 0 aliphatic heterocycles. The lowest BCUT2D eigenvalue weighted by Crippen LogP contribution is -2.11. The summed E-state index contributed by atoms with van der Waals surface area (Å²) in [5, 5.41) is 17.6. The molecule has 1 N–H and O–H groups in total. The number of hydrogen-bond acceptors (Lipinski definition) is 5. The quantitative estimate of drug-likeness (QED) is 0.435. The average Bonchev–Trinajstić information content (AvgIpc) is 2.58. The molecule has 0 aromatic heterocycles. The van der Waals surface area contributed by atoms with Crippen molar-refractivity contribution in [1.29, 1.82) is 0 Å². The van der Waals surface area contributed by atoms with Crippen molar-refractivity contribution in [2.75, 3.05) is 5.32 Å². The number of halogens is 2. The fourth-order valence-electron chi connectivity index (χ4n) is 1.78. The van der Waals surface area contributed by atoms with Gasteiger partial charge in [-0.05, 0) is 35.9 Å². The number of nitro benzene ring substituents is 1. The predicted octanol–water partition coefficient (Wildman–Crippen LogP) is 4.43. The Labute approximate surface area is 153 Å². The van der Waals surface area contributed by atoms with Crippen molar-refractivity contribution in [2.45, 2.75) is 13.0 Å². The van der Waals surface area contributed by atoms with Crippen LogP contribution in [0, 0.1) is 10.1 Å². The summed E-state index contributed by atoms with van der Waals surface area (Å²) < 4.78 is 0. The summed E-state index contributed by atoms with van der Waals surface area (Å²) in [6.07, 6.45) is 1.33. The van der Waals surface area contributed by atoms with Gasteiger partial charge in [-0.15, -0.1) is 0 Å². The van der Waals surface area contributed by atoms with E-state index in [1.54, 1.807) is 30.3 Å². The molecule has 0 radical (unpaired) electrons. The molecule has 0 atom stereocenters. The van der Waals surface area contributed by atoms with E-state index in [1.807, 2.05) is 0 Å². The van der Waals surface area contributed by atoms with Crippen LogP contribution >= 0.6 is 23.2 Å². The van der Waals surface area contributed by atoms with Crippen molar-refractivity contribution >= 4 is 46.7 Å². The molecule has 0 aliphatic rings. The molecule has 0 aliphatic carbocycles. The van der Waals surface area contributed by atoms with E-state index in [2.05, 4.69) is 10.5 Å². The summed E-state index contributed by atoms with van der Waals surface area (Å²) in [5.74, 6) is -0.291. The van der Waals surface area contributed by atoms with Crippen LogP contribution in [0.25, 0.3) is 0 Å². The fourth-order valence-corrected chi connectivity index (χ4v) is 2.08. The van der Waals surface area contributed by atoms with Gasteiger partial charge in [-0.25, -0.2) is 0 Å². The van der Waals surface area contributed by atoms with Crippen LogP contribution in [0.5, 0.6) is 0 Å². The lowest BCUT2D eigenvalue weighted by atomic mass is 10.2. The maximum Gasteiger partial charge on any atom is 0.269 e. The molecule has 0 bridgehead atoms. The number of nitrogens with one attached hydrogen (secondary N) is 1. The highest BCUT2D eigenvalue weighted by atomic mass is 35.5. The predicted molar refractivity (Wildman–Crippen MR) is 96.1 cm³/mol. The third kappa shape index (κ3) is 6.06. The Morgan fingerprint density at radius 2 is 1.92 bits per heavy atom. The first kappa shape index (κ1) is 18.7. The minimum atomic E-state index is -0.477. The number of carbonyl (C=O) groups is 1. The van der Waals surface area contributed by atoms with Gasteiger partial charge >= 0.3 is 0 Å². The SMILES string of the molecule is O=C(CC=NOCc1ccc([N+](=O)[O-])cc1)Nc1ccc(Cl)c(Cl)c1. The number of rotatable bonds is 7. The zero-order valence-corrected chi connectivity index (χ0v) is 14.3. The number of non-ortho nitro benzene ring substituents is 1. The largest absolute Gasteiger partial charge is 0.391 e. The molecule has 2 aromatic rings. The van der Waals surface area contributed by atoms with Crippen LogP contribution in [-0.4, -0.2) is 17.0 Å². The van der Waals surface area contributed by atoms with Crippen molar-refractivity contribution in [1.82, 2.24) is 0 Å². The lowest BCUT2D eigenvalue weighted by Gasteiger charge is -2.04. The van der Waals surface area contributed by atoms with Gasteiger partial charge in [-0.2, -0.15) is 0 Å². The summed E-state index contributed by atoms with van der Waals surface area (Å²) in [4.78, 5) is 26.8. The van der Waals surface area contributed by atoms with E-state index in [0.717, 1.165) is 5.56 Å². The second-order valence-electron chi connectivity index (χ2n) is 4.87. The van der Waals surface area contributed by atoms with E-state index in [1.165, 1.54) is 18.3 Å². The molecule has 0 saturated heterocycles. The average molecular weight is 382 g/mol. The number of carbonyl (C=O) groups excluding carboxylic acids is 1. The van der Waals surface area contributed by atoms with Crippen molar-refractivity contribution in [2.24, 2.45) is 5.16 Å². The summed E-state index contributed by atoms with van der Waals surface area (Å²) in [7, 11) is 0. The Balaban J connectivity index is 1.74. The molecule has 1 amide bonds. The van der Waals surface area contributed by atoms with Gasteiger partial charge in [0, 0.05) is 17.8 Å². The van der Waals surface area contributed by atoms with E-state index < -0.39 is 4.92 Å². The van der Waals surface area contributed by atoms with Crippen LogP contribution < -0.4 is 5.32 Å². The van der Waals surface area contributed by atoms with E-state index in [0.29, 0.717) is 15.7 Å². The van der Waals surface area contributed by atoms with Crippen LogP contribution in [-0.2, 0) is 16.2 Å². The third-order valence-electron chi connectivity index (χ3n) is 3.01. The van der Waals surface area contributed by atoms with Gasteiger partial charge in [0.1, 0.15) is 6.61 Å². The van der Waals surface area contributed by atoms with E-state index in [-0.39, 0.29) is 24.6 Å². The fraction of sp³-hybridized carbons (Fsp3) is 0.125. The second kappa shape index (κ2) is 9.00. The summed E-state index contributed by atoms with van der Waals surface area (Å²) in [5.41, 5.74) is 1.26. The highest BCUT2D eigenvalue weighted by Gasteiger charge is 2.05. The van der Waals surface area contributed by atoms with Crippen molar-refractivity contribution in [3.63, 3.8) is 0 Å². The zero-order chi connectivity index (χ0) is 18.2. The molecule has 2 rings (SSSR count). The first-order valence-electron chi connectivity index (χ1n) is 7.08. The normalized spacial score (nSPS) is 10.6. The number of benzene rings is 2. The van der Waals surface area contributed by atoms with Gasteiger partial charge in [-0.3, -0.25) is 14.9 Å². The summed E-state index contributed by atoms with van der Waals surface area (Å²) in [6, 6.07) is 10.7. The minimum Gasteiger partial charge on any atom is -0.391 e. The van der Waals surface area contributed by atoms with Crippen molar-refractivity contribution < 1.29 is 14.6 Å². The first-order valence-corrected chi connectivity index (χ1v) is 7.83. The van der Waals surface area contributed by atoms with Gasteiger partial charge in [0.15, 0.2) is 0 Å². The Hall–Kier alpha value is -2.64. The van der Waals surface area contributed by atoms with Crippen molar-refractivity contribution in [3.05, 3.63) is 68.2 Å². The molecule has 7 nitrogen and oxygen atoms in total. The number of nitrogens with zero attached hydrogens (tertiary/aromatic N) is 2. The Morgan fingerprint density at radius 1 is 1.20 bits per heavy atom. The smallest absolute Gasteiger partial charge is 0.269 e. The summed E-state index contributed by atoms with van der Waals surface area (Å²) >= 11 is 11.7. The van der Waals surface area contributed by atoms with Gasteiger partial charge in [0.05, 0.1) is 27.6 Å². The number of nitro groups is 1. The Morgan fingerprint density at radius 3 is 2.56 bits per heavy atom. The van der Waals surface area contributed by atoms with Crippen LogP contribution in [0.1, 0.15) is 12.0 Å². The van der Waals surface area contributed by atoms with Gasteiger partial charge in [0.25, 0.3) is 5.69 Å².